The van der Waals surface area contributed by atoms with Crippen LogP contribution in [-0.2, 0) is 21.4 Å². The van der Waals surface area contributed by atoms with E-state index in [1.54, 1.807) is 48.5 Å². The lowest BCUT2D eigenvalue weighted by Crippen LogP contribution is -2.38. The van der Waals surface area contributed by atoms with Crippen LogP contribution in [-0.4, -0.2) is 26.8 Å². The molecule has 0 aromatic heterocycles. The number of halogens is 2. The molecule has 0 aliphatic rings. The Morgan fingerprint density at radius 2 is 1.39 bits per heavy atom. The fraction of sp³-hybridized carbons (Fsp3) is 0.0714. The molecule has 0 aliphatic heterocycles. The first-order valence-corrected chi connectivity index (χ1v) is 13.7. The summed E-state index contributed by atoms with van der Waals surface area (Å²) in [5.41, 5.74) is 1.43. The summed E-state index contributed by atoms with van der Waals surface area (Å²) < 4.78 is 28.0. The first kappa shape index (κ1) is 27.2. The summed E-state index contributed by atoms with van der Waals surface area (Å²) in [5.74, 6) is -1.07. The second kappa shape index (κ2) is 12.1. The first-order chi connectivity index (χ1) is 18.3. The Kier molecular flexibility index (Phi) is 8.68. The van der Waals surface area contributed by atoms with Crippen LogP contribution in [0.2, 0.25) is 10.0 Å². The van der Waals surface area contributed by atoms with Crippen molar-refractivity contribution < 1.29 is 18.0 Å². The smallest absolute Gasteiger partial charge is 0.264 e. The van der Waals surface area contributed by atoms with Gasteiger partial charge in [0.15, 0.2) is 0 Å². The van der Waals surface area contributed by atoms with E-state index in [9.17, 15) is 18.0 Å². The molecule has 2 amide bonds. The molecule has 2 N–H and O–H groups in total. The van der Waals surface area contributed by atoms with Crippen molar-refractivity contribution in [2.24, 2.45) is 0 Å². The number of nitrogens with zero attached hydrogens (tertiary/aromatic N) is 1. The van der Waals surface area contributed by atoms with Crippen molar-refractivity contribution in [3.8, 4) is 0 Å². The van der Waals surface area contributed by atoms with Gasteiger partial charge in [0.05, 0.1) is 31.9 Å². The molecule has 4 aromatic rings. The minimum Gasteiger partial charge on any atom is -0.348 e. The number of amides is 2. The van der Waals surface area contributed by atoms with E-state index in [0.717, 1.165) is 9.87 Å². The van der Waals surface area contributed by atoms with Crippen LogP contribution in [0.25, 0.3) is 0 Å². The summed E-state index contributed by atoms with van der Waals surface area (Å²) in [7, 11) is -4.20. The van der Waals surface area contributed by atoms with Gasteiger partial charge in [-0.3, -0.25) is 13.9 Å². The van der Waals surface area contributed by atoms with Crippen molar-refractivity contribution in [3.63, 3.8) is 0 Å². The van der Waals surface area contributed by atoms with Crippen molar-refractivity contribution in [3.05, 3.63) is 124 Å². The summed E-state index contributed by atoms with van der Waals surface area (Å²) in [6.45, 7) is -0.310. The fourth-order valence-corrected chi connectivity index (χ4v) is 5.59. The van der Waals surface area contributed by atoms with Gasteiger partial charge in [-0.05, 0) is 42.0 Å². The third-order valence-electron chi connectivity index (χ3n) is 5.56. The Morgan fingerprint density at radius 3 is 2.11 bits per heavy atom. The van der Waals surface area contributed by atoms with E-state index >= 15 is 0 Å². The molecule has 0 aliphatic carbocycles. The highest BCUT2D eigenvalue weighted by Gasteiger charge is 2.29. The minimum absolute atomic E-state index is 0.0119. The Labute approximate surface area is 231 Å². The zero-order valence-corrected chi connectivity index (χ0v) is 22.3. The second-order valence-corrected chi connectivity index (χ2v) is 10.8. The number of carbonyl (C=O) groups excluding carboxylic acids is 2. The maximum absolute atomic E-state index is 13.6. The van der Waals surface area contributed by atoms with Gasteiger partial charge in [-0.1, -0.05) is 89.9 Å². The van der Waals surface area contributed by atoms with Crippen LogP contribution in [0.5, 0.6) is 0 Å². The first-order valence-electron chi connectivity index (χ1n) is 11.5. The van der Waals surface area contributed by atoms with Gasteiger partial charge in [0.25, 0.3) is 15.9 Å². The highest BCUT2D eigenvalue weighted by molar-refractivity contribution is 7.92. The fourth-order valence-electron chi connectivity index (χ4n) is 3.69. The normalized spacial score (nSPS) is 11.0. The minimum atomic E-state index is -4.20. The van der Waals surface area contributed by atoms with Crippen molar-refractivity contribution >= 4 is 56.4 Å². The van der Waals surface area contributed by atoms with E-state index in [1.165, 1.54) is 24.3 Å². The number of para-hydroxylation sites is 1. The number of sulfonamides is 1. The van der Waals surface area contributed by atoms with Gasteiger partial charge >= 0.3 is 0 Å². The maximum atomic E-state index is 13.6. The third kappa shape index (κ3) is 6.34. The van der Waals surface area contributed by atoms with Crippen LogP contribution < -0.4 is 14.9 Å². The molecule has 7 nitrogen and oxygen atoms in total. The lowest BCUT2D eigenvalue weighted by Gasteiger charge is -2.25. The molecule has 0 radical (unpaired) electrons. The van der Waals surface area contributed by atoms with Gasteiger partial charge in [0.1, 0.15) is 6.54 Å². The molecule has 38 heavy (non-hydrogen) atoms. The summed E-state index contributed by atoms with van der Waals surface area (Å²) >= 11 is 12.5. The molecule has 10 heteroatoms. The van der Waals surface area contributed by atoms with Crippen LogP contribution in [0.4, 0.5) is 11.4 Å². The SMILES string of the molecule is O=C(CN(c1cccc(Cl)c1Cl)S(=O)(=O)c1ccccc1)Nc1ccccc1C(=O)NCc1ccccc1. The topological polar surface area (TPSA) is 95.6 Å². The predicted octanol–water partition coefficient (Wildman–Crippen LogP) is 5.76. The van der Waals surface area contributed by atoms with Crippen molar-refractivity contribution in [1.29, 1.82) is 0 Å². The van der Waals surface area contributed by atoms with E-state index in [-0.39, 0.29) is 31.9 Å². The largest absolute Gasteiger partial charge is 0.348 e. The lowest BCUT2D eigenvalue weighted by molar-refractivity contribution is -0.114. The van der Waals surface area contributed by atoms with Crippen LogP contribution in [0.1, 0.15) is 15.9 Å². The summed E-state index contributed by atoms with van der Waals surface area (Å²) in [6.07, 6.45) is 0. The Balaban J connectivity index is 1.59. The molecule has 0 atom stereocenters. The van der Waals surface area contributed by atoms with Gasteiger partial charge in [0.2, 0.25) is 5.91 Å². The van der Waals surface area contributed by atoms with Gasteiger partial charge < -0.3 is 10.6 Å². The summed E-state index contributed by atoms with van der Waals surface area (Å²) in [5, 5.41) is 5.62. The number of rotatable bonds is 9. The Hall–Kier alpha value is -3.85. The number of nitrogens with one attached hydrogen (secondary N) is 2. The average molecular weight is 568 g/mol. The van der Waals surface area contributed by atoms with Crippen molar-refractivity contribution in [2.45, 2.75) is 11.4 Å². The van der Waals surface area contributed by atoms with Crippen LogP contribution >= 0.6 is 23.2 Å². The molecular weight excluding hydrogens is 545 g/mol. The molecule has 0 bridgehead atoms. The molecule has 0 fully saturated rings. The molecule has 0 heterocycles. The average Bonchev–Trinajstić information content (AvgIpc) is 2.93. The second-order valence-electron chi connectivity index (χ2n) is 8.16. The van der Waals surface area contributed by atoms with Gasteiger partial charge in [0, 0.05) is 6.54 Å². The van der Waals surface area contributed by atoms with Gasteiger partial charge in [-0.25, -0.2) is 8.42 Å². The molecule has 0 saturated heterocycles. The highest BCUT2D eigenvalue weighted by Crippen LogP contribution is 2.35. The van der Waals surface area contributed by atoms with Crippen molar-refractivity contribution in [1.82, 2.24) is 5.32 Å². The Bertz CT molecular complexity index is 1550. The van der Waals surface area contributed by atoms with E-state index in [1.807, 2.05) is 30.3 Å². The van der Waals surface area contributed by atoms with E-state index in [2.05, 4.69) is 10.6 Å². The zero-order valence-electron chi connectivity index (χ0n) is 20.0. The molecule has 0 saturated carbocycles. The third-order valence-corrected chi connectivity index (χ3v) is 8.14. The van der Waals surface area contributed by atoms with E-state index in [4.69, 9.17) is 23.2 Å². The van der Waals surface area contributed by atoms with E-state index < -0.39 is 28.4 Å². The molecule has 194 valence electrons. The standard InChI is InChI=1S/C28H23Cl2N3O4S/c29-23-15-9-17-25(27(23)30)33(38(36,37)21-12-5-2-6-13-21)19-26(34)32-24-16-8-7-14-22(24)28(35)31-18-20-10-3-1-4-11-20/h1-17H,18-19H2,(H,31,35)(H,32,34). The summed E-state index contributed by atoms with van der Waals surface area (Å²) in [6, 6.07) is 28.1. The molecule has 0 unspecified atom stereocenters. The van der Waals surface area contributed by atoms with E-state index in [0.29, 0.717) is 6.54 Å². The number of hydrogen-bond acceptors (Lipinski definition) is 4. The molecule has 4 aromatic carbocycles. The van der Waals surface area contributed by atoms with Gasteiger partial charge in [-0.15, -0.1) is 0 Å². The lowest BCUT2D eigenvalue weighted by atomic mass is 10.1. The van der Waals surface area contributed by atoms with Crippen LogP contribution in [0.15, 0.2) is 108 Å². The van der Waals surface area contributed by atoms with Crippen LogP contribution in [0.3, 0.4) is 0 Å². The van der Waals surface area contributed by atoms with Crippen LogP contribution in [0, 0.1) is 0 Å². The number of carbonyl (C=O) groups is 2. The number of benzene rings is 4. The molecular formula is C28H23Cl2N3O4S. The monoisotopic (exact) mass is 567 g/mol. The predicted molar refractivity (Wildman–Crippen MR) is 150 cm³/mol. The molecule has 0 spiro atoms. The maximum Gasteiger partial charge on any atom is 0.264 e. The van der Waals surface area contributed by atoms with Gasteiger partial charge in [-0.2, -0.15) is 0 Å². The number of hydrogen-bond donors (Lipinski definition) is 2. The quantitative estimate of drug-likeness (QED) is 0.269. The molecule has 4 rings (SSSR count). The number of anilines is 2. The van der Waals surface area contributed by atoms with Crippen molar-refractivity contribution in [2.75, 3.05) is 16.2 Å². The highest BCUT2D eigenvalue weighted by atomic mass is 35.5. The summed E-state index contributed by atoms with van der Waals surface area (Å²) in [4.78, 5) is 26.1. The Morgan fingerprint density at radius 1 is 0.763 bits per heavy atom. The zero-order chi connectivity index (χ0) is 27.1.